The third kappa shape index (κ3) is 3.95. The van der Waals surface area contributed by atoms with Gasteiger partial charge in [-0.3, -0.25) is 0 Å². The summed E-state index contributed by atoms with van der Waals surface area (Å²) in [7, 11) is 1.37. The first kappa shape index (κ1) is 14.4. The molecule has 1 atom stereocenters. The molecule has 0 aromatic heterocycles. The van der Waals surface area contributed by atoms with E-state index < -0.39 is 0 Å². The Morgan fingerprint density at radius 2 is 2.22 bits per heavy atom. The lowest BCUT2D eigenvalue weighted by Crippen LogP contribution is -2.17. The van der Waals surface area contributed by atoms with Crippen LogP contribution in [0.4, 0.5) is 11.4 Å². The van der Waals surface area contributed by atoms with E-state index in [0.29, 0.717) is 17.3 Å². The van der Waals surface area contributed by atoms with Crippen molar-refractivity contribution in [3.05, 3.63) is 23.8 Å². The number of carbonyl (C=O) groups excluding carboxylic acids is 1. The number of ether oxygens (including phenoxy) is 1. The molecular formula is C14H22N2O2. The van der Waals surface area contributed by atoms with Gasteiger partial charge in [0.2, 0.25) is 0 Å². The van der Waals surface area contributed by atoms with E-state index in [4.69, 9.17) is 10.5 Å². The number of unbranched alkanes of at least 4 members (excludes halogenated alkanes) is 1. The van der Waals surface area contributed by atoms with Crippen LogP contribution in [0.25, 0.3) is 0 Å². The van der Waals surface area contributed by atoms with Crippen molar-refractivity contribution in [3.63, 3.8) is 0 Å². The van der Waals surface area contributed by atoms with Gasteiger partial charge in [0.15, 0.2) is 0 Å². The van der Waals surface area contributed by atoms with Crippen LogP contribution in [0, 0.1) is 0 Å². The Labute approximate surface area is 109 Å². The minimum atomic E-state index is -0.368. The lowest BCUT2D eigenvalue weighted by molar-refractivity contribution is 0.0602. The highest BCUT2D eigenvalue weighted by Gasteiger charge is 2.13. The average Bonchev–Trinajstić information content (AvgIpc) is 2.37. The second-order valence-electron chi connectivity index (χ2n) is 4.48. The van der Waals surface area contributed by atoms with E-state index in [1.165, 1.54) is 7.11 Å². The molecule has 0 aliphatic heterocycles. The van der Waals surface area contributed by atoms with Crippen molar-refractivity contribution in [3.8, 4) is 0 Å². The molecule has 0 saturated heterocycles. The van der Waals surface area contributed by atoms with Crippen molar-refractivity contribution in [2.45, 2.75) is 39.2 Å². The second kappa shape index (κ2) is 6.89. The van der Waals surface area contributed by atoms with Crippen molar-refractivity contribution in [2.24, 2.45) is 0 Å². The number of benzene rings is 1. The largest absolute Gasteiger partial charge is 0.465 e. The Bertz CT molecular complexity index is 405. The second-order valence-corrected chi connectivity index (χ2v) is 4.48. The summed E-state index contributed by atoms with van der Waals surface area (Å²) >= 11 is 0. The highest BCUT2D eigenvalue weighted by Crippen LogP contribution is 2.21. The predicted octanol–water partition coefficient (Wildman–Crippen LogP) is 3.05. The molecule has 4 heteroatoms. The van der Waals surface area contributed by atoms with E-state index in [1.54, 1.807) is 12.1 Å². The number of nitrogen functional groups attached to an aromatic ring is 1. The lowest BCUT2D eigenvalue weighted by Gasteiger charge is -2.17. The summed E-state index contributed by atoms with van der Waals surface area (Å²) in [6.45, 7) is 4.27. The maximum atomic E-state index is 11.7. The maximum absolute atomic E-state index is 11.7. The Balaban J connectivity index is 2.84. The number of nitrogens with two attached hydrogens (primary N) is 1. The van der Waals surface area contributed by atoms with Gasteiger partial charge in [0.1, 0.15) is 0 Å². The van der Waals surface area contributed by atoms with Gasteiger partial charge < -0.3 is 15.8 Å². The summed E-state index contributed by atoms with van der Waals surface area (Å²) in [6, 6.07) is 5.56. The van der Waals surface area contributed by atoms with Crippen LogP contribution in [0.3, 0.4) is 0 Å². The number of rotatable bonds is 6. The number of hydrogen-bond donors (Lipinski definition) is 2. The number of carbonyl (C=O) groups is 1. The van der Waals surface area contributed by atoms with Crippen molar-refractivity contribution in [1.29, 1.82) is 0 Å². The Morgan fingerprint density at radius 1 is 1.50 bits per heavy atom. The van der Waals surface area contributed by atoms with Crippen LogP contribution < -0.4 is 11.1 Å². The fourth-order valence-electron chi connectivity index (χ4n) is 1.81. The topological polar surface area (TPSA) is 64.3 Å². The number of esters is 1. The van der Waals surface area contributed by atoms with Crippen LogP contribution in [0.1, 0.15) is 43.5 Å². The Hall–Kier alpha value is -1.71. The van der Waals surface area contributed by atoms with Crippen LogP contribution >= 0.6 is 0 Å². The third-order valence-electron chi connectivity index (χ3n) is 2.84. The van der Waals surface area contributed by atoms with Gasteiger partial charge in [0, 0.05) is 17.4 Å². The zero-order valence-corrected chi connectivity index (χ0v) is 11.3. The minimum absolute atomic E-state index is 0.317. The number of nitrogens with one attached hydrogen (secondary N) is 1. The molecule has 1 aromatic carbocycles. The summed E-state index contributed by atoms with van der Waals surface area (Å²) in [5.74, 6) is -0.368. The zero-order valence-electron chi connectivity index (χ0n) is 11.3. The smallest absolute Gasteiger partial charge is 0.340 e. The molecule has 0 bridgehead atoms. The van der Waals surface area contributed by atoms with Crippen molar-refractivity contribution >= 4 is 17.3 Å². The van der Waals surface area contributed by atoms with Crippen LogP contribution in [-0.2, 0) is 4.74 Å². The molecule has 0 saturated carbocycles. The molecule has 0 fully saturated rings. The molecule has 0 aliphatic carbocycles. The minimum Gasteiger partial charge on any atom is -0.465 e. The van der Waals surface area contributed by atoms with Gasteiger partial charge in [-0.1, -0.05) is 19.8 Å². The molecule has 1 rings (SSSR count). The van der Waals surface area contributed by atoms with Gasteiger partial charge in [-0.2, -0.15) is 0 Å². The SMILES string of the molecule is CCCCC(C)Nc1ccc(N)cc1C(=O)OC. The van der Waals surface area contributed by atoms with E-state index in [0.717, 1.165) is 24.9 Å². The van der Waals surface area contributed by atoms with Crippen LogP contribution in [0.2, 0.25) is 0 Å². The monoisotopic (exact) mass is 250 g/mol. The summed E-state index contributed by atoms with van der Waals surface area (Å²) in [4.78, 5) is 11.7. The van der Waals surface area contributed by atoms with Crippen LogP contribution in [0.15, 0.2) is 18.2 Å². The molecule has 4 nitrogen and oxygen atoms in total. The first-order chi connectivity index (χ1) is 8.58. The number of hydrogen-bond acceptors (Lipinski definition) is 4. The molecule has 1 aromatic rings. The van der Waals surface area contributed by atoms with Crippen molar-refractivity contribution in [2.75, 3.05) is 18.2 Å². The fraction of sp³-hybridized carbons (Fsp3) is 0.500. The fourth-order valence-corrected chi connectivity index (χ4v) is 1.81. The molecule has 0 spiro atoms. The number of methoxy groups -OCH3 is 1. The van der Waals surface area contributed by atoms with Crippen LogP contribution in [0.5, 0.6) is 0 Å². The normalized spacial score (nSPS) is 11.9. The quantitative estimate of drug-likeness (QED) is 0.601. The Kier molecular flexibility index (Phi) is 5.49. The van der Waals surface area contributed by atoms with Gasteiger partial charge in [-0.25, -0.2) is 4.79 Å². The van der Waals surface area contributed by atoms with E-state index >= 15 is 0 Å². The highest BCUT2D eigenvalue weighted by molar-refractivity contribution is 5.96. The molecular weight excluding hydrogens is 228 g/mol. The predicted molar refractivity (Wildman–Crippen MR) is 74.8 cm³/mol. The standard InChI is InChI=1S/C14H22N2O2/c1-4-5-6-10(2)16-13-8-7-11(15)9-12(13)14(17)18-3/h7-10,16H,4-6,15H2,1-3H3. The summed E-state index contributed by atoms with van der Waals surface area (Å²) in [6.07, 6.45) is 3.40. The molecule has 0 amide bonds. The van der Waals surface area contributed by atoms with E-state index in [9.17, 15) is 4.79 Å². The summed E-state index contributed by atoms with van der Waals surface area (Å²) < 4.78 is 4.76. The molecule has 0 heterocycles. The first-order valence-electron chi connectivity index (χ1n) is 6.32. The molecule has 0 aliphatic rings. The third-order valence-corrected chi connectivity index (χ3v) is 2.84. The van der Waals surface area contributed by atoms with Gasteiger partial charge in [-0.15, -0.1) is 0 Å². The molecule has 100 valence electrons. The summed E-state index contributed by atoms with van der Waals surface area (Å²) in [5.41, 5.74) is 7.52. The van der Waals surface area contributed by atoms with Gasteiger partial charge >= 0.3 is 5.97 Å². The number of anilines is 2. The Morgan fingerprint density at radius 3 is 2.83 bits per heavy atom. The van der Waals surface area contributed by atoms with Crippen LogP contribution in [-0.4, -0.2) is 19.1 Å². The molecule has 0 radical (unpaired) electrons. The van der Waals surface area contributed by atoms with Gasteiger partial charge in [-0.05, 0) is 31.5 Å². The van der Waals surface area contributed by atoms with E-state index in [-0.39, 0.29) is 5.97 Å². The maximum Gasteiger partial charge on any atom is 0.340 e. The van der Waals surface area contributed by atoms with Gasteiger partial charge in [0.05, 0.1) is 12.7 Å². The average molecular weight is 250 g/mol. The molecule has 1 unspecified atom stereocenters. The van der Waals surface area contributed by atoms with Crippen molar-refractivity contribution in [1.82, 2.24) is 0 Å². The highest BCUT2D eigenvalue weighted by atomic mass is 16.5. The molecule has 3 N–H and O–H groups in total. The molecule has 18 heavy (non-hydrogen) atoms. The van der Waals surface area contributed by atoms with Gasteiger partial charge in [0.25, 0.3) is 0 Å². The zero-order chi connectivity index (χ0) is 13.5. The van der Waals surface area contributed by atoms with E-state index in [1.807, 2.05) is 6.07 Å². The lowest BCUT2D eigenvalue weighted by atomic mass is 10.1. The summed E-state index contributed by atoms with van der Waals surface area (Å²) in [5, 5.41) is 3.33. The van der Waals surface area contributed by atoms with Crippen molar-refractivity contribution < 1.29 is 9.53 Å². The van der Waals surface area contributed by atoms with E-state index in [2.05, 4.69) is 19.2 Å². The first-order valence-corrected chi connectivity index (χ1v) is 6.32.